The molecule has 0 spiro atoms. The van der Waals surface area contributed by atoms with Gasteiger partial charge in [-0.3, -0.25) is 14.5 Å². The maximum Gasteiger partial charge on any atom is 0.274 e. The van der Waals surface area contributed by atoms with Crippen molar-refractivity contribution in [3.8, 4) is 11.3 Å². The number of carbonyl (C=O) groups excluding carboxylic acids is 1. The van der Waals surface area contributed by atoms with Crippen molar-refractivity contribution in [1.29, 1.82) is 0 Å². The molecular formula is C22H25N7O. The summed E-state index contributed by atoms with van der Waals surface area (Å²) in [5, 5.41) is 7.66. The Hall–Kier alpha value is -3.29. The highest BCUT2D eigenvalue weighted by Crippen LogP contribution is 2.34. The largest absolute Gasteiger partial charge is 0.351 e. The highest BCUT2D eigenvalue weighted by molar-refractivity contribution is 5.92. The zero-order valence-electron chi connectivity index (χ0n) is 17.0. The van der Waals surface area contributed by atoms with Gasteiger partial charge in [-0.1, -0.05) is 6.07 Å². The van der Waals surface area contributed by atoms with Gasteiger partial charge in [-0.15, -0.1) is 0 Å². The first kappa shape index (κ1) is 18.7. The van der Waals surface area contributed by atoms with E-state index in [-0.39, 0.29) is 11.8 Å². The number of aromatic nitrogens is 5. The van der Waals surface area contributed by atoms with Gasteiger partial charge in [-0.25, -0.2) is 9.97 Å². The molecule has 1 aliphatic carbocycles. The van der Waals surface area contributed by atoms with Crippen LogP contribution in [-0.2, 0) is 7.05 Å². The minimum absolute atomic E-state index is 0.00206. The average Bonchev–Trinajstić information content (AvgIpc) is 3.50. The van der Waals surface area contributed by atoms with Crippen LogP contribution in [0.1, 0.15) is 47.8 Å². The highest BCUT2D eigenvalue weighted by atomic mass is 16.2. The summed E-state index contributed by atoms with van der Waals surface area (Å²) in [6, 6.07) is 8.16. The molecule has 2 fully saturated rings. The fourth-order valence-corrected chi connectivity index (χ4v) is 3.95. The van der Waals surface area contributed by atoms with Gasteiger partial charge in [-0.05, 0) is 43.9 Å². The monoisotopic (exact) mass is 403 g/mol. The van der Waals surface area contributed by atoms with Crippen molar-refractivity contribution in [2.45, 2.75) is 37.6 Å². The summed E-state index contributed by atoms with van der Waals surface area (Å²) >= 11 is 0. The lowest BCUT2D eigenvalue weighted by Gasteiger charge is -2.32. The van der Waals surface area contributed by atoms with E-state index in [1.165, 1.54) is 12.8 Å². The third-order valence-electron chi connectivity index (χ3n) is 5.77. The second kappa shape index (κ2) is 7.85. The van der Waals surface area contributed by atoms with Gasteiger partial charge in [0, 0.05) is 56.3 Å². The molecule has 1 saturated carbocycles. The van der Waals surface area contributed by atoms with Crippen LogP contribution in [0.4, 0.5) is 5.95 Å². The van der Waals surface area contributed by atoms with E-state index >= 15 is 0 Å². The fourth-order valence-electron chi connectivity index (χ4n) is 3.95. The number of nitrogens with zero attached hydrogens (tertiary/aromatic N) is 6. The van der Waals surface area contributed by atoms with E-state index in [0.29, 0.717) is 30.8 Å². The number of rotatable bonds is 5. The molecule has 0 bridgehead atoms. The summed E-state index contributed by atoms with van der Waals surface area (Å²) in [6.45, 7) is 1.38. The first-order valence-corrected chi connectivity index (χ1v) is 10.5. The number of hydrogen-bond acceptors (Lipinski definition) is 6. The molecule has 154 valence electrons. The standard InChI is InChI=1S/C22H25N7O/c1-28-11-9-19(27-28)21(30)29-12-7-15(8-13-29)20-17(18-4-2-3-10-23-18)14-24-22(26-20)25-16-5-6-16/h2-4,9-11,14-16H,5-8,12-13H2,1H3,(H,24,25,26). The predicted octanol–water partition coefficient (Wildman–Crippen LogP) is 2.87. The lowest BCUT2D eigenvalue weighted by molar-refractivity contribution is 0.0705. The van der Waals surface area contributed by atoms with E-state index in [1.807, 2.05) is 36.3 Å². The number of carbonyl (C=O) groups is 1. The van der Waals surface area contributed by atoms with Crippen LogP contribution in [0.25, 0.3) is 11.3 Å². The van der Waals surface area contributed by atoms with Gasteiger partial charge in [0.1, 0.15) is 5.69 Å². The number of hydrogen-bond donors (Lipinski definition) is 1. The van der Waals surface area contributed by atoms with Crippen molar-refractivity contribution in [3.05, 3.63) is 54.2 Å². The van der Waals surface area contributed by atoms with Crippen LogP contribution in [0.2, 0.25) is 0 Å². The Labute approximate surface area is 175 Å². The molecule has 0 aromatic carbocycles. The fraction of sp³-hybridized carbons (Fsp3) is 0.409. The molecular weight excluding hydrogens is 378 g/mol. The third-order valence-corrected chi connectivity index (χ3v) is 5.77. The SMILES string of the molecule is Cn1ccc(C(=O)N2CCC(c3nc(NC4CC4)ncc3-c3ccccn3)CC2)n1. The first-order valence-electron chi connectivity index (χ1n) is 10.5. The molecule has 1 N–H and O–H groups in total. The molecule has 4 heterocycles. The summed E-state index contributed by atoms with van der Waals surface area (Å²) in [4.78, 5) is 28.6. The van der Waals surface area contributed by atoms with Crippen LogP contribution in [-0.4, -0.2) is 54.7 Å². The minimum atomic E-state index is -0.00206. The second-order valence-electron chi connectivity index (χ2n) is 8.07. The van der Waals surface area contributed by atoms with E-state index in [4.69, 9.17) is 4.98 Å². The predicted molar refractivity (Wildman–Crippen MR) is 113 cm³/mol. The first-order chi connectivity index (χ1) is 14.7. The lowest BCUT2D eigenvalue weighted by Crippen LogP contribution is -2.38. The molecule has 0 atom stereocenters. The quantitative estimate of drug-likeness (QED) is 0.705. The molecule has 1 saturated heterocycles. The van der Waals surface area contributed by atoms with E-state index in [9.17, 15) is 4.79 Å². The Morgan fingerprint density at radius 1 is 1.10 bits per heavy atom. The van der Waals surface area contributed by atoms with Crippen molar-refractivity contribution in [1.82, 2.24) is 29.6 Å². The molecule has 3 aromatic heterocycles. The van der Waals surface area contributed by atoms with Crippen molar-refractivity contribution < 1.29 is 4.79 Å². The number of amides is 1. The van der Waals surface area contributed by atoms with Crippen LogP contribution in [0, 0.1) is 0 Å². The third kappa shape index (κ3) is 3.90. The maximum atomic E-state index is 12.7. The van der Waals surface area contributed by atoms with Gasteiger partial charge in [0.2, 0.25) is 5.95 Å². The molecule has 0 unspecified atom stereocenters. The molecule has 5 rings (SSSR count). The van der Waals surface area contributed by atoms with Crippen LogP contribution < -0.4 is 5.32 Å². The zero-order valence-corrected chi connectivity index (χ0v) is 17.0. The lowest BCUT2D eigenvalue weighted by atomic mass is 9.90. The summed E-state index contributed by atoms with van der Waals surface area (Å²) in [5.74, 6) is 0.953. The van der Waals surface area contributed by atoms with Crippen LogP contribution in [0.15, 0.2) is 42.9 Å². The number of anilines is 1. The Bertz CT molecular complexity index is 1040. The topological polar surface area (TPSA) is 88.8 Å². The summed E-state index contributed by atoms with van der Waals surface area (Å²) in [7, 11) is 1.82. The summed E-state index contributed by atoms with van der Waals surface area (Å²) in [6.07, 6.45) is 9.55. The molecule has 3 aromatic rings. The zero-order chi connectivity index (χ0) is 20.5. The summed E-state index contributed by atoms with van der Waals surface area (Å²) in [5.41, 5.74) is 3.39. The number of likely N-dealkylation sites (tertiary alicyclic amines) is 1. The molecule has 0 radical (unpaired) electrons. The number of nitrogens with one attached hydrogen (secondary N) is 1. The number of aryl methyl sites for hydroxylation is 1. The maximum absolute atomic E-state index is 12.7. The van der Waals surface area contributed by atoms with Crippen molar-refractivity contribution in [2.24, 2.45) is 7.05 Å². The number of pyridine rings is 1. The van der Waals surface area contributed by atoms with Crippen molar-refractivity contribution in [2.75, 3.05) is 18.4 Å². The van der Waals surface area contributed by atoms with Gasteiger partial charge in [0.05, 0.1) is 11.4 Å². The van der Waals surface area contributed by atoms with Crippen LogP contribution >= 0.6 is 0 Å². The van der Waals surface area contributed by atoms with Crippen LogP contribution in [0.5, 0.6) is 0 Å². The normalized spacial score (nSPS) is 17.2. The van der Waals surface area contributed by atoms with E-state index in [2.05, 4.69) is 20.4 Å². The Balaban J connectivity index is 1.37. The highest BCUT2D eigenvalue weighted by Gasteiger charge is 2.29. The van der Waals surface area contributed by atoms with Gasteiger partial charge in [0.15, 0.2) is 0 Å². The van der Waals surface area contributed by atoms with Gasteiger partial charge >= 0.3 is 0 Å². The molecule has 8 heteroatoms. The van der Waals surface area contributed by atoms with Crippen LogP contribution in [0.3, 0.4) is 0 Å². The van der Waals surface area contributed by atoms with Gasteiger partial charge in [-0.2, -0.15) is 5.10 Å². The number of piperidine rings is 1. The second-order valence-corrected chi connectivity index (χ2v) is 8.07. The van der Waals surface area contributed by atoms with Crippen molar-refractivity contribution >= 4 is 11.9 Å². The van der Waals surface area contributed by atoms with Crippen molar-refractivity contribution in [3.63, 3.8) is 0 Å². The van der Waals surface area contributed by atoms with E-state index < -0.39 is 0 Å². The van der Waals surface area contributed by atoms with E-state index in [1.54, 1.807) is 23.1 Å². The Morgan fingerprint density at radius 3 is 2.60 bits per heavy atom. The average molecular weight is 403 g/mol. The molecule has 1 amide bonds. The summed E-state index contributed by atoms with van der Waals surface area (Å²) < 4.78 is 1.66. The minimum Gasteiger partial charge on any atom is -0.351 e. The Morgan fingerprint density at radius 2 is 1.93 bits per heavy atom. The molecule has 8 nitrogen and oxygen atoms in total. The van der Waals surface area contributed by atoms with E-state index in [0.717, 1.165) is 29.8 Å². The molecule has 2 aliphatic rings. The smallest absolute Gasteiger partial charge is 0.274 e. The molecule has 1 aliphatic heterocycles. The Kier molecular flexibility index (Phi) is 4.90. The molecule has 30 heavy (non-hydrogen) atoms. The van der Waals surface area contributed by atoms with Gasteiger partial charge < -0.3 is 10.2 Å². The van der Waals surface area contributed by atoms with Gasteiger partial charge in [0.25, 0.3) is 5.91 Å².